The van der Waals surface area contributed by atoms with Crippen molar-refractivity contribution in [2.45, 2.75) is 26.7 Å². The SMILES string of the molecule is CCCCNC1=CC(=O)N(c2ccc(C)cc2)C1. The highest BCUT2D eigenvalue weighted by molar-refractivity contribution is 6.04. The first-order chi connectivity index (χ1) is 8.70. The third-order valence-electron chi connectivity index (χ3n) is 3.12. The molecule has 1 aliphatic rings. The lowest BCUT2D eigenvalue weighted by molar-refractivity contribution is -0.113. The van der Waals surface area contributed by atoms with Crippen molar-refractivity contribution in [3.05, 3.63) is 41.6 Å². The summed E-state index contributed by atoms with van der Waals surface area (Å²) in [5.74, 6) is 0.0675. The topological polar surface area (TPSA) is 32.3 Å². The molecule has 0 unspecified atom stereocenters. The van der Waals surface area contributed by atoms with Gasteiger partial charge in [-0.25, -0.2) is 0 Å². The summed E-state index contributed by atoms with van der Waals surface area (Å²) in [6.07, 6.45) is 4.00. The van der Waals surface area contributed by atoms with E-state index in [0.29, 0.717) is 6.54 Å². The van der Waals surface area contributed by atoms with Crippen LogP contribution < -0.4 is 10.2 Å². The molecular weight excluding hydrogens is 224 g/mol. The van der Waals surface area contributed by atoms with E-state index in [1.807, 2.05) is 31.2 Å². The standard InChI is InChI=1S/C15H20N2O/c1-3-4-9-16-13-10-15(18)17(11-13)14-7-5-12(2)6-8-14/h5-8,10,16H,3-4,9,11H2,1-2H3. The molecule has 1 aliphatic heterocycles. The molecule has 18 heavy (non-hydrogen) atoms. The minimum Gasteiger partial charge on any atom is -0.387 e. The van der Waals surface area contributed by atoms with Crippen LogP contribution in [0.5, 0.6) is 0 Å². The molecule has 0 atom stereocenters. The van der Waals surface area contributed by atoms with Crippen molar-refractivity contribution >= 4 is 11.6 Å². The predicted octanol–water partition coefficient (Wildman–Crippen LogP) is 2.62. The molecule has 1 amide bonds. The second kappa shape index (κ2) is 5.71. The lowest BCUT2D eigenvalue weighted by Crippen LogP contribution is -2.27. The first kappa shape index (κ1) is 12.7. The van der Waals surface area contributed by atoms with Gasteiger partial charge in [-0.3, -0.25) is 4.79 Å². The Morgan fingerprint density at radius 2 is 2.00 bits per heavy atom. The van der Waals surface area contributed by atoms with E-state index in [-0.39, 0.29) is 5.91 Å². The molecule has 1 aromatic carbocycles. The number of aryl methyl sites for hydroxylation is 1. The quantitative estimate of drug-likeness (QED) is 0.807. The van der Waals surface area contributed by atoms with E-state index in [1.165, 1.54) is 5.56 Å². The van der Waals surface area contributed by atoms with Crippen LogP contribution in [-0.4, -0.2) is 19.0 Å². The van der Waals surface area contributed by atoms with Gasteiger partial charge in [0.15, 0.2) is 0 Å². The number of unbranched alkanes of at least 4 members (excludes halogenated alkanes) is 1. The number of nitrogens with one attached hydrogen (secondary N) is 1. The van der Waals surface area contributed by atoms with Crippen molar-refractivity contribution in [3.63, 3.8) is 0 Å². The number of rotatable bonds is 5. The number of carbonyl (C=O) groups is 1. The normalized spacial score (nSPS) is 14.9. The monoisotopic (exact) mass is 244 g/mol. The highest BCUT2D eigenvalue weighted by Crippen LogP contribution is 2.20. The van der Waals surface area contributed by atoms with Crippen LogP contribution in [0.1, 0.15) is 25.3 Å². The molecule has 0 aromatic heterocycles. The van der Waals surface area contributed by atoms with Crippen molar-refractivity contribution < 1.29 is 4.79 Å². The number of anilines is 1. The van der Waals surface area contributed by atoms with E-state index in [2.05, 4.69) is 12.2 Å². The fraction of sp³-hybridized carbons (Fsp3) is 0.400. The zero-order valence-electron chi connectivity index (χ0n) is 11.1. The van der Waals surface area contributed by atoms with Gasteiger partial charge in [-0.15, -0.1) is 0 Å². The van der Waals surface area contributed by atoms with Crippen LogP contribution in [0.4, 0.5) is 5.69 Å². The number of hydrogen-bond acceptors (Lipinski definition) is 2. The van der Waals surface area contributed by atoms with Gasteiger partial charge in [0.2, 0.25) is 0 Å². The van der Waals surface area contributed by atoms with E-state index in [9.17, 15) is 4.79 Å². The van der Waals surface area contributed by atoms with E-state index in [1.54, 1.807) is 11.0 Å². The van der Waals surface area contributed by atoms with Gasteiger partial charge >= 0.3 is 0 Å². The molecule has 0 bridgehead atoms. The Balaban J connectivity index is 1.98. The van der Waals surface area contributed by atoms with Crippen molar-refractivity contribution in [2.75, 3.05) is 18.0 Å². The Hall–Kier alpha value is -1.77. The molecular formula is C15H20N2O. The summed E-state index contributed by atoms with van der Waals surface area (Å²) >= 11 is 0. The van der Waals surface area contributed by atoms with Gasteiger partial charge in [-0.2, -0.15) is 0 Å². The maximum Gasteiger partial charge on any atom is 0.253 e. The third-order valence-corrected chi connectivity index (χ3v) is 3.12. The largest absolute Gasteiger partial charge is 0.387 e. The van der Waals surface area contributed by atoms with Gasteiger partial charge in [-0.05, 0) is 25.5 Å². The Kier molecular flexibility index (Phi) is 4.03. The van der Waals surface area contributed by atoms with Crippen LogP contribution in [0.3, 0.4) is 0 Å². The average molecular weight is 244 g/mol. The molecule has 0 saturated carbocycles. The molecule has 2 rings (SSSR count). The molecule has 0 aliphatic carbocycles. The average Bonchev–Trinajstić information content (AvgIpc) is 2.72. The Morgan fingerprint density at radius 1 is 1.28 bits per heavy atom. The minimum atomic E-state index is 0.0675. The molecule has 0 fully saturated rings. The summed E-state index contributed by atoms with van der Waals surface area (Å²) < 4.78 is 0. The second-order valence-electron chi connectivity index (χ2n) is 4.71. The summed E-state index contributed by atoms with van der Waals surface area (Å²) in [5.41, 5.74) is 3.20. The van der Waals surface area contributed by atoms with Gasteiger partial charge in [0.1, 0.15) is 0 Å². The number of benzene rings is 1. The van der Waals surface area contributed by atoms with Crippen LogP contribution in [0.15, 0.2) is 36.0 Å². The molecule has 3 nitrogen and oxygen atoms in total. The van der Waals surface area contributed by atoms with Gasteiger partial charge in [0.05, 0.1) is 6.54 Å². The Bertz CT molecular complexity index is 448. The molecule has 3 heteroatoms. The number of carbonyl (C=O) groups excluding carboxylic acids is 1. The summed E-state index contributed by atoms with van der Waals surface area (Å²) in [7, 11) is 0. The summed E-state index contributed by atoms with van der Waals surface area (Å²) in [6.45, 7) is 5.81. The minimum absolute atomic E-state index is 0.0675. The predicted molar refractivity (Wildman–Crippen MR) is 74.5 cm³/mol. The van der Waals surface area contributed by atoms with Gasteiger partial charge in [-0.1, -0.05) is 31.0 Å². The molecule has 0 saturated heterocycles. The highest BCUT2D eigenvalue weighted by Gasteiger charge is 2.22. The zero-order valence-corrected chi connectivity index (χ0v) is 11.1. The molecule has 1 heterocycles. The maximum absolute atomic E-state index is 11.9. The zero-order chi connectivity index (χ0) is 13.0. The number of hydrogen-bond donors (Lipinski definition) is 1. The van der Waals surface area contributed by atoms with Crippen LogP contribution in [0, 0.1) is 6.92 Å². The van der Waals surface area contributed by atoms with E-state index < -0.39 is 0 Å². The van der Waals surface area contributed by atoms with Crippen LogP contribution in [-0.2, 0) is 4.79 Å². The van der Waals surface area contributed by atoms with Gasteiger partial charge in [0, 0.05) is 24.0 Å². The van der Waals surface area contributed by atoms with Crippen molar-refractivity contribution in [1.29, 1.82) is 0 Å². The maximum atomic E-state index is 11.9. The number of amides is 1. The Morgan fingerprint density at radius 3 is 2.67 bits per heavy atom. The number of nitrogens with zero attached hydrogens (tertiary/aromatic N) is 1. The molecule has 96 valence electrons. The smallest absolute Gasteiger partial charge is 0.253 e. The first-order valence-electron chi connectivity index (χ1n) is 6.53. The molecule has 0 spiro atoms. The molecule has 1 N–H and O–H groups in total. The summed E-state index contributed by atoms with van der Waals surface area (Å²) in [4.78, 5) is 13.7. The van der Waals surface area contributed by atoms with E-state index >= 15 is 0 Å². The van der Waals surface area contributed by atoms with Gasteiger partial charge < -0.3 is 10.2 Å². The fourth-order valence-electron chi connectivity index (χ4n) is 2.00. The second-order valence-corrected chi connectivity index (χ2v) is 4.71. The first-order valence-corrected chi connectivity index (χ1v) is 6.53. The summed E-state index contributed by atoms with van der Waals surface area (Å²) in [5, 5.41) is 3.32. The fourth-order valence-corrected chi connectivity index (χ4v) is 2.00. The van der Waals surface area contributed by atoms with Crippen molar-refractivity contribution in [3.8, 4) is 0 Å². The highest BCUT2D eigenvalue weighted by atomic mass is 16.2. The summed E-state index contributed by atoms with van der Waals surface area (Å²) in [6, 6.07) is 8.06. The van der Waals surface area contributed by atoms with Crippen LogP contribution >= 0.6 is 0 Å². The lowest BCUT2D eigenvalue weighted by atomic mass is 10.2. The van der Waals surface area contributed by atoms with Crippen molar-refractivity contribution in [2.24, 2.45) is 0 Å². The van der Waals surface area contributed by atoms with Crippen LogP contribution in [0.2, 0.25) is 0 Å². The third kappa shape index (κ3) is 2.92. The Labute approximate surface area is 108 Å². The van der Waals surface area contributed by atoms with Crippen molar-refractivity contribution in [1.82, 2.24) is 5.32 Å². The molecule has 1 aromatic rings. The van der Waals surface area contributed by atoms with E-state index in [4.69, 9.17) is 0 Å². The van der Waals surface area contributed by atoms with Crippen LogP contribution in [0.25, 0.3) is 0 Å². The van der Waals surface area contributed by atoms with Gasteiger partial charge in [0.25, 0.3) is 5.91 Å². The van der Waals surface area contributed by atoms with E-state index in [0.717, 1.165) is 30.8 Å². The molecule has 0 radical (unpaired) electrons. The lowest BCUT2D eigenvalue weighted by Gasteiger charge is -2.17.